The Hall–Kier alpha value is -0.410. The van der Waals surface area contributed by atoms with Crippen molar-refractivity contribution in [3.05, 3.63) is 5.21 Å². The van der Waals surface area contributed by atoms with Crippen LogP contribution in [0.25, 0.3) is 0 Å². The largest absolute Gasteiger partial charge is 0.634 e. The average Bonchev–Trinajstić information content (AvgIpc) is 1.98. The van der Waals surface area contributed by atoms with E-state index in [4.69, 9.17) is 0 Å². The van der Waals surface area contributed by atoms with Gasteiger partial charge in [-0.2, -0.15) is 0 Å². The molecule has 1 saturated heterocycles. The lowest BCUT2D eigenvalue weighted by atomic mass is 9.74. The quantitative estimate of drug-likeness (QED) is 0.638. The Bertz CT molecular complexity index is 228. The van der Waals surface area contributed by atoms with Crippen molar-refractivity contribution in [2.75, 3.05) is 0 Å². The molecule has 0 amide bonds. The highest BCUT2D eigenvalue weighted by atomic mass is 16.5. The molecule has 0 aromatic rings. The second-order valence-corrected chi connectivity index (χ2v) is 5.81. The molecule has 3 nitrogen and oxygen atoms in total. The first-order chi connectivity index (χ1) is 6.17. The Morgan fingerprint density at radius 1 is 1.21 bits per heavy atom. The van der Waals surface area contributed by atoms with Crippen molar-refractivity contribution in [1.29, 1.82) is 0 Å². The van der Waals surface area contributed by atoms with E-state index in [1.54, 1.807) is 6.92 Å². The summed E-state index contributed by atoms with van der Waals surface area (Å²) in [5, 5.41) is 12.3. The number of ketones is 1. The van der Waals surface area contributed by atoms with E-state index in [1.807, 2.05) is 27.7 Å². The monoisotopic (exact) mass is 199 g/mol. The van der Waals surface area contributed by atoms with Gasteiger partial charge in [-0.3, -0.25) is 4.79 Å². The van der Waals surface area contributed by atoms with Crippen LogP contribution in [0, 0.1) is 11.1 Å². The van der Waals surface area contributed by atoms with Gasteiger partial charge in [-0.05, 0) is 34.6 Å². The minimum absolute atomic E-state index is 0.0673. The SMILES string of the molecule is CC(=O)C1CC(C)(C)[NH+]([O-])C(C)(C)C1. The van der Waals surface area contributed by atoms with Crippen LogP contribution in [0.15, 0.2) is 0 Å². The van der Waals surface area contributed by atoms with Crippen LogP contribution < -0.4 is 5.06 Å². The van der Waals surface area contributed by atoms with Gasteiger partial charge < -0.3 is 10.3 Å². The van der Waals surface area contributed by atoms with Crippen LogP contribution >= 0.6 is 0 Å². The van der Waals surface area contributed by atoms with Gasteiger partial charge in [-0.25, -0.2) is 0 Å². The third-order valence-electron chi connectivity index (χ3n) is 3.32. The second-order valence-electron chi connectivity index (χ2n) is 5.81. The molecule has 1 aliphatic rings. The zero-order valence-corrected chi connectivity index (χ0v) is 9.81. The lowest BCUT2D eigenvalue weighted by molar-refractivity contribution is -0.956. The van der Waals surface area contributed by atoms with Gasteiger partial charge in [0.2, 0.25) is 0 Å². The van der Waals surface area contributed by atoms with Crippen molar-refractivity contribution in [3.63, 3.8) is 0 Å². The van der Waals surface area contributed by atoms with E-state index in [0.29, 0.717) is 17.9 Å². The first-order valence-corrected chi connectivity index (χ1v) is 5.22. The van der Waals surface area contributed by atoms with Gasteiger partial charge in [0, 0.05) is 18.8 Å². The van der Waals surface area contributed by atoms with E-state index in [9.17, 15) is 10.0 Å². The topological polar surface area (TPSA) is 44.6 Å². The number of hydrogen-bond donors (Lipinski definition) is 1. The van der Waals surface area contributed by atoms with Gasteiger partial charge in [0.1, 0.15) is 5.78 Å². The molecule has 0 aromatic carbocycles. The van der Waals surface area contributed by atoms with Crippen molar-refractivity contribution in [1.82, 2.24) is 0 Å². The molecule has 3 heteroatoms. The van der Waals surface area contributed by atoms with Crippen LogP contribution in [0.4, 0.5) is 0 Å². The average molecular weight is 199 g/mol. The molecule has 0 bridgehead atoms. The van der Waals surface area contributed by atoms with Crippen LogP contribution in [-0.2, 0) is 4.79 Å². The molecule has 0 atom stereocenters. The molecule has 1 heterocycles. The number of quaternary nitrogens is 1. The van der Waals surface area contributed by atoms with E-state index in [-0.39, 0.29) is 22.8 Å². The fourth-order valence-corrected chi connectivity index (χ4v) is 2.69. The third-order valence-corrected chi connectivity index (χ3v) is 3.32. The van der Waals surface area contributed by atoms with Gasteiger partial charge in [0.25, 0.3) is 0 Å². The first kappa shape index (κ1) is 11.7. The highest BCUT2D eigenvalue weighted by Gasteiger charge is 2.46. The number of carbonyl (C=O) groups excluding carboxylic acids is 1. The second kappa shape index (κ2) is 3.31. The fourth-order valence-electron chi connectivity index (χ4n) is 2.69. The summed E-state index contributed by atoms with van der Waals surface area (Å²) in [6, 6.07) is 0. The normalized spacial score (nSPS) is 35.3. The molecule has 1 fully saturated rings. The Kier molecular flexibility index (Phi) is 2.76. The molecule has 1 rings (SSSR count). The van der Waals surface area contributed by atoms with Crippen LogP contribution in [0.3, 0.4) is 0 Å². The zero-order valence-electron chi connectivity index (χ0n) is 9.81. The summed E-state index contributed by atoms with van der Waals surface area (Å²) in [5.74, 6) is 0.288. The maximum atomic E-state index is 12.0. The lowest BCUT2D eigenvalue weighted by Crippen LogP contribution is -3.23. The summed E-state index contributed by atoms with van der Waals surface area (Å²) >= 11 is 0. The molecule has 0 aromatic heterocycles. The van der Waals surface area contributed by atoms with Gasteiger partial charge in [-0.15, -0.1) is 0 Å². The van der Waals surface area contributed by atoms with Crippen LogP contribution in [0.1, 0.15) is 47.5 Å². The van der Waals surface area contributed by atoms with Gasteiger partial charge in [0.05, 0.1) is 11.1 Å². The molecular weight excluding hydrogens is 178 g/mol. The van der Waals surface area contributed by atoms with E-state index < -0.39 is 0 Å². The van der Waals surface area contributed by atoms with Crippen molar-refractivity contribution in [2.24, 2.45) is 5.92 Å². The molecule has 0 unspecified atom stereocenters. The Morgan fingerprint density at radius 3 is 1.86 bits per heavy atom. The predicted octanol–water partition coefficient (Wildman–Crippen LogP) is 0.925. The van der Waals surface area contributed by atoms with Crippen molar-refractivity contribution in [2.45, 2.75) is 58.5 Å². The molecule has 0 aliphatic carbocycles. The molecule has 14 heavy (non-hydrogen) atoms. The van der Waals surface area contributed by atoms with E-state index in [1.165, 1.54) is 0 Å². The zero-order chi connectivity index (χ0) is 11.1. The predicted molar refractivity (Wildman–Crippen MR) is 55.9 cm³/mol. The number of nitrogens with one attached hydrogen (secondary N) is 1. The molecule has 1 aliphatic heterocycles. The number of carbonyl (C=O) groups is 1. The number of rotatable bonds is 1. The summed E-state index contributed by atoms with van der Waals surface area (Å²) in [6.45, 7) is 9.43. The van der Waals surface area contributed by atoms with E-state index in [2.05, 4.69) is 0 Å². The van der Waals surface area contributed by atoms with Gasteiger partial charge in [-0.1, -0.05) is 0 Å². The van der Waals surface area contributed by atoms with Crippen LogP contribution in [-0.4, -0.2) is 16.9 Å². The highest BCUT2D eigenvalue weighted by molar-refractivity contribution is 5.78. The minimum atomic E-state index is -0.335. The molecular formula is C11H21NO2. The summed E-state index contributed by atoms with van der Waals surface area (Å²) < 4.78 is 0. The van der Waals surface area contributed by atoms with E-state index >= 15 is 0 Å². The van der Waals surface area contributed by atoms with Gasteiger partial charge >= 0.3 is 0 Å². The number of piperidine rings is 1. The first-order valence-electron chi connectivity index (χ1n) is 5.22. The summed E-state index contributed by atoms with van der Waals surface area (Å²) in [6.07, 6.45) is 1.43. The summed E-state index contributed by atoms with van der Waals surface area (Å²) in [7, 11) is 0. The smallest absolute Gasteiger partial charge is 0.133 e. The van der Waals surface area contributed by atoms with Crippen LogP contribution in [0.2, 0.25) is 0 Å². The molecule has 1 N–H and O–H groups in total. The maximum Gasteiger partial charge on any atom is 0.133 e. The number of hydrogen-bond acceptors (Lipinski definition) is 2. The summed E-state index contributed by atoms with van der Waals surface area (Å²) in [5.41, 5.74) is -0.670. The van der Waals surface area contributed by atoms with Crippen molar-refractivity contribution < 1.29 is 9.86 Å². The minimum Gasteiger partial charge on any atom is -0.634 e. The maximum absolute atomic E-state index is 12.0. The van der Waals surface area contributed by atoms with E-state index in [0.717, 1.165) is 0 Å². The number of hydroxylamine groups is 2. The van der Waals surface area contributed by atoms with Crippen molar-refractivity contribution in [3.8, 4) is 0 Å². The summed E-state index contributed by atoms with van der Waals surface area (Å²) in [4.78, 5) is 11.4. The standard InChI is InChI=1S/C11H21NO2/c1-8(13)9-6-10(2,3)12(14)11(4,5)7-9/h9,12H,6-7H2,1-5H3. The lowest BCUT2D eigenvalue weighted by Gasteiger charge is -2.54. The Balaban J connectivity index is 2.91. The molecule has 0 spiro atoms. The fraction of sp³-hybridized carbons (Fsp3) is 0.909. The van der Waals surface area contributed by atoms with Crippen LogP contribution in [0.5, 0.6) is 0 Å². The Labute approximate surface area is 86.1 Å². The molecule has 0 saturated carbocycles. The Morgan fingerprint density at radius 2 is 1.57 bits per heavy atom. The number of Topliss-reactive ketones (excluding diaryl/α,β-unsaturated/α-hetero) is 1. The van der Waals surface area contributed by atoms with Crippen molar-refractivity contribution >= 4 is 5.78 Å². The highest BCUT2D eigenvalue weighted by Crippen LogP contribution is 2.28. The molecule has 0 radical (unpaired) electrons. The molecule has 82 valence electrons. The van der Waals surface area contributed by atoms with Gasteiger partial charge in [0.15, 0.2) is 0 Å². The third kappa shape index (κ3) is 1.98.